The summed E-state index contributed by atoms with van der Waals surface area (Å²) in [5.74, 6) is 0.153. The first-order chi connectivity index (χ1) is 11.4. The summed E-state index contributed by atoms with van der Waals surface area (Å²) in [4.78, 5) is 20.5. The maximum absolute atomic E-state index is 13.2. The van der Waals surface area contributed by atoms with Crippen molar-refractivity contribution in [2.75, 3.05) is 13.6 Å². The number of halogens is 3. The van der Waals surface area contributed by atoms with Crippen molar-refractivity contribution < 1.29 is 18.0 Å². The van der Waals surface area contributed by atoms with E-state index >= 15 is 0 Å². The Hall–Kier alpha value is -2.09. The second kappa shape index (κ2) is 6.67. The Labute approximate surface area is 144 Å². The van der Waals surface area contributed by atoms with Gasteiger partial charge in [0.05, 0.1) is 29.7 Å². The fourth-order valence-electron chi connectivity index (χ4n) is 2.39. The number of likely N-dealkylation sites (N-methyl/N-ethyl adjacent to an activating group) is 1. The summed E-state index contributed by atoms with van der Waals surface area (Å²) in [5, 5.41) is 3.08. The fraction of sp³-hybridized carbons (Fsp3) is 0.529. The molecule has 2 aromatic rings. The number of hydrogen-bond acceptors (Lipinski definition) is 3. The first-order valence-corrected chi connectivity index (χ1v) is 7.92. The molecular formula is C17H23F3N4O. The Morgan fingerprint density at radius 3 is 2.48 bits per heavy atom. The van der Waals surface area contributed by atoms with Crippen molar-refractivity contribution in [2.24, 2.45) is 0 Å². The van der Waals surface area contributed by atoms with Gasteiger partial charge in [-0.1, -0.05) is 0 Å². The van der Waals surface area contributed by atoms with E-state index in [9.17, 15) is 18.0 Å². The number of hydrogen-bond donors (Lipinski definition) is 2. The van der Waals surface area contributed by atoms with Crippen LogP contribution in [0.25, 0.3) is 11.0 Å². The van der Waals surface area contributed by atoms with Gasteiger partial charge in [0.1, 0.15) is 5.82 Å². The highest BCUT2D eigenvalue weighted by Gasteiger charge is 2.34. The molecule has 138 valence electrons. The third-order valence-electron chi connectivity index (χ3n) is 3.67. The van der Waals surface area contributed by atoms with Crippen LogP contribution in [0, 0.1) is 6.92 Å². The molecule has 25 heavy (non-hydrogen) atoms. The lowest BCUT2D eigenvalue weighted by Crippen LogP contribution is -2.43. The van der Waals surface area contributed by atoms with Crippen LogP contribution >= 0.6 is 0 Å². The van der Waals surface area contributed by atoms with Gasteiger partial charge < -0.3 is 15.2 Å². The number of nitrogens with zero attached hydrogens (tertiary/aromatic N) is 2. The number of imidazole rings is 1. The van der Waals surface area contributed by atoms with E-state index in [1.54, 1.807) is 20.0 Å². The van der Waals surface area contributed by atoms with Crippen LogP contribution in [0.5, 0.6) is 0 Å². The quantitative estimate of drug-likeness (QED) is 0.884. The number of benzene rings is 1. The molecule has 1 amide bonds. The minimum absolute atomic E-state index is 0.0539. The Bertz CT molecular complexity index is 775. The Kier molecular flexibility index (Phi) is 5.13. The topological polar surface area (TPSA) is 61.0 Å². The molecule has 0 unspecified atom stereocenters. The maximum Gasteiger partial charge on any atom is 0.418 e. The second-order valence-corrected chi connectivity index (χ2v) is 7.24. The first kappa shape index (κ1) is 19.2. The van der Waals surface area contributed by atoms with E-state index in [2.05, 4.69) is 15.3 Å². The molecule has 1 aromatic heterocycles. The highest BCUT2D eigenvalue weighted by atomic mass is 19.4. The monoisotopic (exact) mass is 356 g/mol. The van der Waals surface area contributed by atoms with Crippen molar-refractivity contribution in [1.82, 2.24) is 20.2 Å². The maximum atomic E-state index is 13.2. The van der Waals surface area contributed by atoms with Gasteiger partial charge in [-0.05, 0) is 45.4 Å². The number of carbonyl (C=O) groups excluding carboxylic acids is 1. The number of rotatable bonds is 4. The summed E-state index contributed by atoms with van der Waals surface area (Å²) < 4.78 is 39.6. The minimum atomic E-state index is -4.47. The molecule has 0 aliphatic heterocycles. The zero-order valence-corrected chi connectivity index (χ0v) is 15.0. The summed E-state index contributed by atoms with van der Waals surface area (Å²) in [6, 6.07) is 2.68. The normalized spacial score (nSPS) is 12.6. The first-order valence-electron chi connectivity index (χ1n) is 7.92. The molecule has 0 fully saturated rings. The summed E-state index contributed by atoms with van der Waals surface area (Å²) in [6.07, 6.45) is -4.47. The average molecular weight is 356 g/mol. The van der Waals surface area contributed by atoms with Crippen molar-refractivity contribution in [3.63, 3.8) is 0 Å². The zero-order chi connectivity index (χ0) is 19.0. The number of amides is 1. The third kappa shape index (κ3) is 4.94. The predicted molar refractivity (Wildman–Crippen MR) is 90.1 cm³/mol. The van der Waals surface area contributed by atoms with Crippen molar-refractivity contribution in [2.45, 2.75) is 46.0 Å². The van der Waals surface area contributed by atoms with Gasteiger partial charge in [-0.25, -0.2) is 4.98 Å². The van der Waals surface area contributed by atoms with Crippen molar-refractivity contribution >= 4 is 16.9 Å². The summed E-state index contributed by atoms with van der Waals surface area (Å²) in [6.45, 7) is 7.68. The van der Waals surface area contributed by atoms with Crippen LogP contribution < -0.4 is 5.32 Å². The van der Waals surface area contributed by atoms with Gasteiger partial charge in [0, 0.05) is 12.6 Å². The molecule has 1 aromatic carbocycles. The Morgan fingerprint density at radius 1 is 1.28 bits per heavy atom. The predicted octanol–water partition coefficient (Wildman–Crippen LogP) is 3.24. The van der Waals surface area contributed by atoms with Crippen LogP contribution in [-0.4, -0.2) is 39.9 Å². The number of nitrogens with one attached hydrogen (secondary N) is 2. The smallest absolute Gasteiger partial charge is 0.340 e. The number of fused-ring (bicyclic) bond motifs is 1. The highest BCUT2D eigenvalue weighted by molar-refractivity contribution is 5.81. The molecular weight excluding hydrogens is 333 g/mol. The van der Waals surface area contributed by atoms with Gasteiger partial charge in [-0.3, -0.25) is 4.79 Å². The van der Waals surface area contributed by atoms with Crippen molar-refractivity contribution in [3.8, 4) is 0 Å². The molecule has 1 heterocycles. The molecule has 0 saturated carbocycles. The third-order valence-corrected chi connectivity index (χ3v) is 3.67. The average Bonchev–Trinajstić information content (AvgIpc) is 2.83. The number of aromatic nitrogens is 2. The molecule has 0 aliphatic rings. The number of alkyl halides is 3. The van der Waals surface area contributed by atoms with E-state index in [1.165, 1.54) is 4.90 Å². The van der Waals surface area contributed by atoms with Gasteiger partial charge in [0.15, 0.2) is 0 Å². The van der Waals surface area contributed by atoms with Gasteiger partial charge in [0.25, 0.3) is 0 Å². The second-order valence-electron chi connectivity index (χ2n) is 7.24. The lowest BCUT2D eigenvalue weighted by atomic mass is 10.1. The number of aromatic amines is 1. The van der Waals surface area contributed by atoms with E-state index < -0.39 is 11.7 Å². The molecule has 0 aliphatic carbocycles. The van der Waals surface area contributed by atoms with Gasteiger partial charge in [0.2, 0.25) is 5.91 Å². The highest BCUT2D eigenvalue weighted by Crippen LogP contribution is 2.34. The number of H-pyrrole nitrogens is 1. The lowest BCUT2D eigenvalue weighted by Gasteiger charge is -2.22. The number of carbonyl (C=O) groups is 1. The standard InChI is InChI=1S/C17H23F3N4O/c1-10-6-11(17(18,19)20)15-12(7-10)22-13(23-15)9-24(5)14(25)8-21-16(2,3)4/h6-7,21H,8-9H2,1-5H3,(H,22,23). The molecule has 2 N–H and O–H groups in total. The zero-order valence-electron chi connectivity index (χ0n) is 15.0. The van der Waals surface area contributed by atoms with Crippen molar-refractivity contribution in [1.29, 1.82) is 0 Å². The summed E-state index contributed by atoms with van der Waals surface area (Å²) in [5.41, 5.74) is -0.270. The van der Waals surface area contributed by atoms with E-state index in [4.69, 9.17) is 0 Å². The van der Waals surface area contributed by atoms with Crippen LogP contribution in [0.1, 0.15) is 37.7 Å². The van der Waals surface area contributed by atoms with Crippen molar-refractivity contribution in [3.05, 3.63) is 29.1 Å². The van der Waals surface area contributed by atoms with Gasteiger partial charge in [-0.15, -0.1) is 0 Å². The molecule has 0 saturated heterocycles. The largest absolute Gasteiger partial charge is 0.418 e. The van der Waals surface area contributed by atoms with E-state index in [0.717, 1.165) is 6.07 Å². The minimum Gasteiger partial charge on any atom is -0.340 e. The Balaban J connectivity index is 2.21. The number of aryl methyl sites for hydroxylation is 1. The van der Waals surface area contributed by atoms with Gasteiger partial charge >= 0.3 is 6.18 Å². The molecule has 0 atom stereocenters. The van der Waals surface area contributed by atoms with E-state index in [0.29, 0.717) is 11.4 Å². The molecule has 2 rings (SSSR count). The van der Waals surface area contributed by atoms with Crippen LogP contribution in [-0.2, 0) is 17.5 Å². The van der Waals surface area contributed by atoms with E-state index in [-0.39, 0.29) is 35.6 Å². The fourth-order valence-corrected chi connectivity index (χ4v) is 2.39. The summed E-state index contributed by atoms with van der Waals surface area (Å²) >= 11 is 0. The SMILES string of the molecule is Cc1cc(C(F)(F)F)c2[nH]c(CN(C)C(=O)CNC(C)(C)C)nc2c1. The lowest BCUT2D eigenvalue weighted by molar-refractivity contribution is -0.136. The van der Waals surface area contributed by atoms with Crippen LogP contribution in [0.3, 0.4) is 0 Å². The summed E-state index contributed by atoms with van der Waals surface area (Å²) in [7, 11) is 1.59. The molecule has 0 spiro atoms. The molecule has 5 nitrogen and oxygen atoms in total. The molecule has 0 radical (unpaired) electrons. The van der Waals surface area contributed by atoms with Gasteiger partial charge in [-0.2, -0.15) is 13.2 Å². The van der Waals surface area contributed by atoms with Crippen LogP contribution in [0.15, 0.2) is 12.1 Å². The molecule has 0 bridgehead atoms. The van der Waals surface area contributed by atoms with Crippen LogP contribution in [0.2, 0.25) is 0 Å². The Morgan fingerprint density at radius 2 is 1.92 bits per heavy atom. The van der Waals surface area contributed by atoms with Crippen LogP contribution in [0.4, 0.5) is 13.2 Å². The van der Waals surface area contributed by atoms with E-state index in [1.807, 2.05) is 20.8 Å². The molecule has 8 heteroatoms.